The molecular weight excluding hydrogens is 411 g/mol. The highest BCUT2D eigenvalue weighted by Gasteiger charge is 2.27. The molecule has 10 heteroatoms. The molecule has 31 heavy (non-hydrogen) atoms. The summed E-state index contributed by atoms with van der Waals surface area (Å²) in [5.74, 6) is 0.409. The van der Waals surface area contributed by atoms with Crippen LogP contribution in [0, 0.1) is 0 Å². The summed E-state index contributed by atoms with van der Waals surface area (Å²) < 4.78 is 44.2. The van der Waals surface area contributed by atoms with E-state index in [1.54, 1.807) is 49.6 Å². The fourth-order valence-electron chi connectivity index (χ4n) is 3.07. The number of nitrogens with zero attached hydrogens (tertiary/aromatic N) is 4. The number of aromatic nitrogens is 4. The fourth-order valence-corrected chi connectivity index (χ4v) is 3.07. The Morgan fingerprint density at radius 1 is 1.10 bits per heavy atom. The van der Waals surface area contributed by atoms with E-state index in [1.807, 2.05) is 0 Å². The third-order valence-corrected chi connectivity index (χ3v) is 4.51. The molecule has 158 valence electrons. The van der Waals surface area contributed by atoms with Gasteiger partial charge in [-0.25, -0.2) is 4.98 Å². The lowest BCUT2D eigenvalue weighted by atomic mass is 10.1. The maximum Gasteiger partial charge on any atom is 0.405 e. The predicted octanol–water partition coefficient (Wildman–Crippen LogP) is 3.83. The molecule has 1 N–H and O–H groups in total. The normalized spacial score (nSPS) is 11.5. The Morgan fingerprint density at radius 2 is 1.81 bits per heavy atom. The summed E-state index contributed by atoms with van der Waals surface area (Å²) in [7, 11) is 1.54. The number of alkyl halides is 3. The van der Waals surface area contributed by atoms with Crippen LogP contribution < -0.4 is 15.6 Å². The third kappa shape index (κ3) is 4.32. The van der Waals surface area contributed by atoms with E-state index in [0.29, 0.717) is 28.0 Å². The van der Waals surface area contributed by atoms with Crippen molar-refractivity contribution in [2.24, 2.45) is 0 Å². The molecular formula is C21H16F3N5O2. The molecule has 0 aliphatic heterocycles. The Bertz CT molecular complexity index is 1270. The van der Waals surface area contributed by atoms with Gasteiger partial charge < -0.3 is 10.1 Å². The first-order valence-corrected chi connectivity index (χ1v) is 9.14. The number of ether oxygens (including phenoxy) is 1. The molecule has 1 aromatic carbocycles. The molecule has 3 aromatic heterocycles. The topological polar surface area (TPSA) is 81.9 Å². The SMILES string of the molecule is COc1ccc(-c2cc3cnc(NCC(F)(F)F)nc3n(-c3ccncc3)c2=O)cc1. The van der Waals surface area contributed by atoms with Crippen LogP contribution in [0.4, 0.5) is 19.1 Å². The average Bonchev–Trinajstić information content (AvgIpc) is 2.77. The Hall–Kier alpha value is -3.95. The molecule has 0 saturated heterocycles. The third-order valence-electron chi connectivity index (χ3n) is 4.51. The van der Waals surface area contributed by atoms with Gasteiger partial charge in [-0.1, -0.05) is 12.1 Å². The highest BCUT2D eigenvalue weighted by atomic mass is 19.4. The molecule has 0 atom stereocenters. The van der Waals surface area contributed by atoms with Crippen LogP contribution in [-0.4, -0.2) is 39.3 Å². The van der Waals surface area contributed by atoms with E-state index in [1.165, 1.54) is 23.2 Å². The van der Waals surface area contributed by atoms with Gasteiger partial charge in [-0.2, -0.15) is 18.2 Å². The molecule has 0 unspecified atom stereocenters. The van der Waals surface area contributed by atoms with Crippen LogP contribution in [-0.2, 0) is 0 Å². The highest BCUT2D eigenvalue weighted by Crippen LogP contribution is 2.25. The quantitative estimate of drug-likeness (QED) is 0.522. The molecule has 7 nitrogen and oxygen atoms in total. The van der Waals surface area contributed by atoms with Gasteiger partial charge in [-0.15, -0.1) is 0 Å². The number of methoxy groups -OCH3 is 1. The molecule has 0 aliphatic rings. The van der Waals surface area contributed by atoms with Gasteiger partial charge in [-0.05, 0) is 35.9 Å². The first kappa shape index (κ1) is 20.3. The minimum atomic E-state index is -4.43. The van der Waals surface area contributed by atoms with Crippen LogP contribution in [0.25, 0.3) is 27.8 Å². The first-order valence-electron chi connectivity index (χ1n) is 9.14. The summed E-state index contributed by atoms with van der Waals surface area (Å²) in [6, 6.07) is 11.8. The number of nitrogens with one attached hydrogen (secondary N) is 1. The molecule has 0 aliphatic carbocycles. The van der Waals surface area contributed by atoms with Gasteiger partial charge in [-0.3, -0.25) is 14.3 Å². The lowest BCUT2D eigenvalue weighted by molar-refractivity contribution is -0.115. The molecule has 0 saturated carbocycles. The van der Waals surface area contributed by atoms with Crippen molar-refractivity contribution in [2.45, 2.75) is 6.18 Å². The van der Waals surface area contributed by atoms with Crippen LogP contribution in [0.2, 0.25) is 0 Å². The largest absolute Gasteiger partial charge is 0.497 e. The van der Waals surface area contributed by atoms with E-state index in [2.05, 4.69) is 20.3 Å². The fraction of sp³-hybridized carbons (Fsp3) is 0.143. The van der Waals surface area contributed by atoms with E-state index in [9.17, 15) is 18.0 Å². The minimum absolute atomic E-state index is 0.174. The van der Waals surface area contributed by atoms with E-state index in [0.717, 1.165) is 0 Å². The number of hydrogen-bond acceptors (Lipinski definition) is 6. The summed E-state index contributed by atoms with van der Waals surface area (Å²) >= 11 is 0. The van der Waals surface area contributed by atoms with Gasteiger partial charge in [0.05, 0.1) is 12.8 Å². The smallest absolute Gasteiger partial charge is 0.405 e. The Kier molecular flexibility index (Phi) is 5.28. The maximum absolute atomic E-state index is 13.4. The Labute approximate surface area is 174 Å². The van der Waals surface area contributed by atoms with Crippen molar-refractivity contribution in [2.75, 3.05) is 19.0 Å². The van der Waals surface area contributed by atoms with Gasteiger partial charge in [0, 0.05) is 29.5 Å². The maximum atomic E-state index is 13.4. The average molecular weight is 427 g/mol. The highest BCUT2D eigenvalue weighted by molar-refractivity contribution is 5.83. The molecule has 0 amide bonds. The van der Waals surface area contributed by atoms with E-state index in [4.69, 9.17) is 4.74 Å². The zero-order valence-electron chi connectivity index (χ0n) is 16.2. The standard InChI is InChI=1S/C21H16F3N5O2/c1-31-16-4-2-13(3-5-16)17-10-14-11-26-20(27-12-21(22,23)24)28-18(14)29(19(17)30)15-6-8-25-9-7-15/h2-11H,12H2,1H3,(H,26,27,28). The van der Waals surface area contributed by atoms with Gasteiger partial charge in [0.25, 0.3) is 5.56 Å². The number of pyridine rings is 2. The molecule has 3 heterocycles. The Morgan fingerprint density at radius 3 is 2.45 bits per heavy atom. The van der Waals surface area contributed by atoms with E-state index < -0.39 is 12.7 Å². The molecule has 0 bridgehead atoms. The summed E-state index contributed by atoms with van der Waals surface area (Å²) in [5.41, 5.74) is 1.29. The summed E-state index contributed by atoms with van der Waals surface area (Å²) in [4.78, 5) is 25.5. The molecule has 0 fully saturated rings. The van der Waals surface area contributed by atoms with Crippen molar-refractivity contribution in [1.82, 2.24) is 19.5 Å². The number of hydrogen-bond donors (Lipinski definition) is 1. The predicted molar refractivity (Wildman–Crippen MR) is 109 cm³/mol. The second-order valence-electron chi connectivity index (χ2n) is 6.57. The second-order valence-corrected chi connectivity index (χ2v) is 6.57. The van der Waals surface area contributed by atoms with Crippen LogP contribution in [0.5, 0.6) is 5.75 Å². The van der Waals surface area contributed by atoms with Crippen molar-refractivity contribution < 1.29 is 17.9 Å². The van der Waals surface area contributed by atoms with Crippen molar-refractivity contribution >= 4 is 17.0 Å². The zero-order valence-corrected chi connectivity index (χ0v) is 16.2. The lowest BCUT2D eigenvalue weighted by Crippen LogP contribution is -2.24. The van der Waals surface area contributed by atoms with Crippen LogP contribution in [0.15, 0.2) is 65.8 Å². The lowest BCUT2D eigenvalue weighted by Gasteiger charge is -2.14. The van der Waals surface area contributed by atoms with Crippen molar-refractivity contribution in [3.05, 3.63) is 71.4 Å². The minimum Gasteiger partial charge on any atom is -0.497 e. The number of halogens is 3. The molecule has 4 aromatic rings. The molecule has 0 radical (unpaired) electrons. The zero-order chi connectivity index (χ0) is 22.0. The van der Waals surface area contributed by atoms with E-state index >= 15 is 0 Å². The van der Waals surface area contributed by atoms with E-state index in [-0.39, 0.29) is 17.2 Å². The number of benzene rings is 1. The van der Waals surface area contributed by atoms with Gasteiger partial charge in [0.1, 0.15) is 12.3 Å². The summed E-state index contributed by atoms with van der Waals surface area (Å²) in [6.45, 7) is -1.29. The van der Waals surface area contributed by atoms with Gasteiger partial charge >= 0.3 is 6.18 Å². The number of anilines is 1. The number of fused-ring (bicyclic) bond motifs is 1. The van der Waals surface area contributed by atoms with Crippen molar-refractivity contribution in [1.29, 1.82) is 0 Å². The second kappa shape index (κ2) is 8.05. The summed E-state index contributed by atoms with van der Waals surface area (Å²) in [6.07, 6.45) is -0.0260. The van der Waals surface area contributed by atoms with Crippen molar-refractivity contribution in [3.63, 3.8) is 0 Å². The molecule has 4 rings (SSSR count). The summed E-state index contributed by atoms with van der Waals surface area (Å²) in [5, 5.41) is 2.63. The Balaban J connectivity index is 1.92. The van der Waals surface area contributed by atoms with Gasteiger partial charge in [0.2, 0.25) is 5.95 Å². The van der Waals surface area contributed by atoms with Crippen LogP contribution in [0.1, 0.15) is 0 Å². The number of rotatable bonds is 5. The van der Waals surface area contributed by atoms with Crippen molar-refractivity contribution in [3.8, 4) is 22.6 Å². The first-order chi connectivity index (χ1) is 14.9. The van der Waals surface area contributed by atoms with Gasteiger partial charge in [0.15, 0.2) is 5.65 Å². The monoisotopic (exact) mass is 427 g/mol. The van der Waals surface area contributed by atoms with Crippen LogP contribution in [0.3, 0.4) is 0 Å². The molecule has 0 spiro atoms. The van der Waals surface area contributed by atoms with Crippen LogP contribution >= 0.6 is 0 Å².